The fourth-order valence-corrected chi connectivity index (χ4v) is 3.30. The highest BCUT2D eigenvalue weighted by Crippen LogP contribution is 2.31. The summed E-state index contributed by atoms with van der Waals surface area (Å²) >= 11 is 18.1. The molecule has 0 saturated carbocycles. The number of anilines is 2. The van der Waals surface area contributed by atoms with E-state index in [1.54, 1.807) is 0 Å². The minimum atomic E-state index is -1.06. The lowest BCUT2D eigenvalue weighted by atomic mass is 10.2. The first-order chi connectivity index (χ1) is 13.8. The van der Waals surface area contributed by atoms with Gasteiger partial charge in [-0.15, -0.1) is 0 Å². The number of amides is 1. The number of rotatable bonds is 2. The van der Waals surface area contributed by atoms with Crippen molar-refractivity contribution in [2.45, 2.75) is 0 Å². The van der Waals surface area contributed by atoms with E-state index in [1.165, 1.54) is 36.4 Å². The fraction of sp³-hybridized carbons (Fsp3) is 0.111. The van der Waals surface area contributed by atoms with Crippen LogP contribution in [0.4, 0.5) is 21.2 Å². The van der Waals surface area contributed by atoms with Crippen molar-refractivity contribution >= 4 is 69.5 Å². The number of fused-ring (bicyclic) bond motifs is 1. The van der Waals surface area contributed by atoms with E-state index in [-0.39, 0.29) is 32.6 Å². The first-order valence-corrected chi connectivity index (χ1v) is 9.05. The van der Waals surface area contributed by atoms with Crippen molar-refractivity contribution in [1.29, 1.82) is 0 Å². The van der Waals surface area contributed by atoms with Gasteiger partial charge in [-0.3, -0.25) is 4.79 Å². The molecule has 0 fully saturated rings. The Labute approximate surface area is 179 Å². The molecule has 0 unspecified atom stereocenters. The summed E-state index contributed by atoms with van der Waals surface area (Å²) in [4.78, 5) is 43.1. The molecule has 0 radical (unpaired) electrons. The second-order valence-electron chi connectivity index (χ2n) is 5.62. The Hall–Kier alpha value is -2.81. The molecule has 0 spiro atoms. The molecular formula is C18H12Cl3N3O5. The summed E-state index contributed by atoms with van der Waals surface area (Å²) in [6.45, 7) is 0. The van der Waals surface area contributed by atoms with Gasteiger partial charge in [0, 0.05) is 15.1 Å². The topological polar surface area (TPSA) is 90.7 Å². The van der Waals surface area contributed by atoms with E-state index < -0.39 is 17.7 Å². The zero-order valence-corrected chi connectivity index (χ0v) is 17.2. The number of carbonyl (C=O) groups is 2. The summed E-state index contributed by atoms with van der Waals surface area (Å²) in [7, 11) is 2.21. The second kappa shape index (κ2) is 8.28. The van der Waals surface area contributed by atoms with Gasteiger partial charge in [-0.25, -0.2) is 19.5 Å². The SMILES string of the molecule is COC(=O)N(c1cc(Cl)cc(Cl)c1)c1nc2cc(Cl)ccc2c(=O)n1C(=O)OC. The maximum atomic E-state index is 13.0. The predicted octanol–water partition coefficient (Wildman–Crippen LogP) is 4.88. The average Bonchev–Trinajstić information content (AvgIpc) is 2.66. The molecular weight excluding hydrogens is 445 g/mol. The highest BCUT2D eigenvalue weighted by atomic mass is 35.5. The number of aromatic nitrogens is 2. The molecule has 0 aliphatic rings. The molecule has 3 rings (SSSR count). The third-order valence-electron chi connectivity index (χ3n) is 3.83. The normalized spacial score (nSPS) is 10.7. The van der Waals surface area contributed by atoms with Crippen LogP contribution >= 0.6 is 34.8 Å². The molecule has 0 saturated heterocycles. The lowest BCUT2D eigenvalue weighted by Gasteiger charge is -2.23. The van der Waals surface area contributed by atoms with Crippen molar-refractivity contribution in [2.75, 3.05) is 19.1 Å². The summed E-state index contributed by atoms with van der Waals surface area (Å²) in [5.74, 6) is -0.387. The Morgan fingerprint density at radius 2 is 1.62 bits per heavy atom. The lowest BCUT2D eigenvalue weighted by Crippen LogP contribution is -2.37. The van der Waals surface area contributed by atoms with Gasteiger partial charge in [-0.05, 0) is 36.4 Å². The van der Waals surface area contributed by atoms with E-state index in [4.69, 9.17) is 44.3 Å². The number of nitrogens with zero attached hydrogens (tertiary/aromatic N) is 3. The molecule has 0 aliphatic carbocycles. The highest BCUT2D eigenvalue weighted by Gasteiger charge is 2.29. The second-order valence-corrected chi connectivity index (χ2v) is 6.93. The van der Waals surface area contributed by atoms with Crippen molar-refractivity contribution in [3.05, 3.63) is 61.8 Å². The fourth-order valence-electron chi connectivity index (χ4n) is 2.62. The molecule has 11 heteroatoms. The number of ether oxygens (including phenoxy) is 2. The molecule has 0 atom stereocenters. The maximum Gasteiger partial charge on any atom is 0.423 e. The van der Waals surface area contributed by atoms with Gasteiger partial charge in [0.25, 0.3) is 5.56 Å². The van der Waals surface area contributed by atoms with Crippen molar-refractivity contribution in [1.82, 2.24) is 9.55 Å². The quantitative estimate of drug-likeness (QED) is 0.546. The first-order valence-electron chi connectivity index (χ1n) is 7.91. The van der Waals surface area contributed by atoms with Gasteiger partial charge in [-0.1, -0.05) is 34.8 Å². The van der Waals surface area contributed by atoms with E-state index in [0.717, 1.165) is 19.1 Å². The molecule has 29 heavy (non-hydrogen) atoms. The van der Waals surface area contributed by atoms with Gasteiger partial charge in [0.15, 0.2) is 0 Å². The molecule has 150 valence electrons. The van der Waals surface area contributed by atoms with Crippen LogP contribution in [0.25, 0.3) is 10.9 Å². The number of halogens is 3. The van der Waals surface area contributed by atoms with Crippen LogP contribution in [0.5, 0.6) is 0 Å². The van der Waals surface area contributed by atoms with Gasteiger partial charge in [0.05, 0.1) is 30.8 Å². The zero-order valence-electron chi connectivity index (χ0n) is 15.0. The predicted molar refractivity (Wildman–Crippen MR) is 110 cm³/mol. The third-order valence-corrected chi connectivity index (χ3v) is 4.51. The molecule has 1 aromatic heterocycles. The van der Waals surface area contributed by atoms with Crippen LogP contribution in [-0.4, -0.2) is 36.0 Å². The minimum Gasteiger partial charge on any atom is -0.452 e. The van der Waals surface area contributed by atoms with Crippen molar-refractivity contribution < 1.29 is 19.1 Å². The van der Waals surface area contributed by atoms with Crippen molar-refractivity contribution in [3.8, 4) is 0 Å². The number of hydrogen-bond donors (Lipinski definition) is 0. The molecule has 0 N–H and O–H groups in total. The summed E-state index contributed by atoms with van der Waals surface area (Å²) in [6, 6.07) is 8.53. The third kappa shape index (κ3) is 4.00. The lowest BCUT2D eigenvalue weighted by molar-refractivity contribution is 0.171. The summed E-state index contributed by atoms with van der Waals surface area (Å²) in [6.07, 6.45) is -2.01. The smallest absolute Gasteiger partial charge is 0.423 e. The van der Waals surface area contributed by atoms with Gasteiger partial charge < -0.3 is 9.47 Å². The highest BCUT2D eigenvalue weighted by molar-refractivity contribution is 6.35. The van der Waals surface area contributed by atoms with Crippen LogP contribution in [0.3, 0.4) is 0 Å². The van der Waals surface area contributed by atoms with E-state index >= 15 is 0 Å². The van der Waals surface area contributed by atoms with Gasteiger partial charge in [0.2, 0.25) is 5.95 Å². The van der Waals surface area contributed by atoms with Crippen LogP contribution in [0.2, 0.25) is 15.1 Å². The molecule has 1 amide bonds. The monoisotopic (exact) mass is 455 g/mol. The molecule has 1 heterocycles. The summed E-state index contributed by atoms with van der Waals surface area (Å²) < 4.78 is 10.1. The van der Waals surface area contributed by atoms with E-state index in [2.05, 4.69) is 4.98 Å². The Kier molecular flexibility index (Phi) is 5.97. The largest absolute Gasteiger partial charge is 0.452 e. The Morgan fingerprint density at radius 3 is 2.21 bits per heavy atom. The van der Waals surface area contributed by atoms with Crippen molar-refractivity contribution in [2.24, 2.45) is 0 Å². The average molecular weight is 457 g/mol. The number of carbonyl (C=O) groups excluding carboxylic acids is 2. The maximum absolute atomic E-state index is 13.0. The molecule has 0 bridgehead atoms. The number of benzene rings is 2. The number of methoxy groups -OCH3 is 2. The zero-order chi connectivity index (χ0) is 21.3. The van der Waals surface area contributed by atoms with Crippen LogP contribution in [0, 0.1) is 0 Å². The van der Waals surface area contributed by atoms with E-state index in [0.29, 0.717) is 9.59 Å². The molecule has 3 aromatic rings. The van der Waals surface area contributed by atoms with Crippen LogP contribution < -0.4 is 10.5 Å². The molecule has 0 aliphatic heterocycles. The summed E-state index contributed by atoms with van der Waals surface area (Å²) in [5.41, 5.74) is -0.504. The van der Waals surface area contributed by atoms with Gasteiger partial charge >= 0.3 is 12.2 Å². The Morgan fingerprint density at radius 1 is 0.966 bits per heavy atom. The first kappa shape index (κ1) is 20.9. The number of hydrogen-bond acceptors (Lipinski definition) is 6. The van der Waals surface area contributed by atoms with Crippen LogP contribution in [0.1, 0.15) is 0 Å². The van der Waals surface area contributed by atoms with E-state index in [9.17, 15) is 14.4 Å². The van der Waals surface area contributed by atoms with Gasteiger partial charge in [0.1, 0.15) is 0 Å². The molecule has 8 nitrogen and oxygen atoms in total. The van der Waals surface area contributed by atoms with Crippen LogP contribution in [-0.2, 0) is 9.47 Å². The van der Waals surface area contributed by atoms with E-state index in [1.807, 2.05) is 0 Å². The van der Waals surface area contributed by atoms with Crippen LogP contribution in [0.15, 0.2) is 41.2 Å². The Balaban J connectivity index is 2.43. The standard InChI is InChI=1S/C18H12Cl3N3O5/c1-28-17(26)23(12-6-10(20)5-11(21)7-12)16-22-14-8-9(19)3-4-13(14)15(25)24(16)18(27)29-2/h3-8H,1-2H3. The van der Waals surface area contributed by atoms with Crippen molar-refractivity contribution in [3.63, 3.8) is 0 Å². The summed E-state index contributed by atoms with van der Waals surface area (Å²) in [5, 5.41) is 0.813. The Bertz CT molecular complexity index is 1180. The molecule has 2 aromatic carbocycles. The van der Waals surface area contributed by atoms with Gasteiger partial charge in [-0.2, -0.15) is 4.57 Å². The minimum absolute atomic E-state index is 0.0949.